The molecule has 0 amide bonds. The molecule has 1 rings (SSSR count). The molecule has 2 unspecified atom stereocenters. The fourth-order valence-electron chi connectivity index (χ4n) is 1.26. The molecule has 1 saturated heterocycles. The molecule has 0 saturated carbocycles. The Labute approximate surface area is 79.0 Å². The topological polar surface area (TPSA) is 38.7 Å². The van der Waals surface area contributed by atoms with Gasteiger partial charge < -0.3 is 14.6 Å². The van der Waals surface area contributed by atoms with Crippen LogP contribution in [-0.2, 0) is 9.47 Å². The van der Waals surface area contributed by atoms with Crippen LogP contribution in [0.4, 0.5) is 0 Å². The molecule has 1 fully saturated rings. The molecule has 1 heterocycles. The van der Waals surface area contributed by atoms with Crippen molar-refractivity contribution in [1.29, 1.82) is 0 Å². The Morgan fingerprint density at radius 2 is 2.38 bits per heavy atom. The third kappa shape index (κ3) is 3.77. The van der Waals surface area contributed by atoms with E-state index in [1.807, 2.05) is 0 Å². The van der Waals surface area contributed by atoms with E-state index in [4.69, 9.17) is 9.47 Å². The van der Waals surface area contributed by atoms with Crippen molar-refractivity contribution in [3.05, 3.63) is 0 Å². The number of hydrogen-bond donors (Lipinski definition) is 1. The number of rotatable bonds is 3. The zero-order valence-electron chi connectivity index (χ0n) is 7.95. The van der Waals surface area contributed by atoms with Gasteiger partial charge in [0, 0.05) is 6.42 Å². The van der Waals surface area contributed by atoms with Gasteiger partial charge in [0.2, 0.25) is 0 Å². The van der Waals surface area contributed by atoms with Gasteiger partial charge in [0.1, 0.15) is 6.10 Å². The summed E-state index contributed by atoms with van der Waals surface area (Å²) in [6.45, 7) is 3.52. The van der Waals surface area contributed by atoms with Gasteiger partial charge >= 0.3 is 0 Å². The Morgan fingerprint density at radius 1 is 1.54 bits per heavy atom. The molecule has 2 atom stereocenters. The van der Waals surface area contributed by atoms with E-state index in [0.717, 1.165) is 6.42 Å². The second kappa shape index (κ2) is 5.98. The summed E-state index contributed by atoms with van der Waals surface area (Å²) in [6.07, 6.45) is 0.778. The molecular weight excluding hydrogens is 168 g/mol. The van der Waals surface area contributed by atoms with Crippen molar-refractivity contribution in [2.45, 2.75) is 32.0 Å². The monoisotopic (exact) mass is 184 g/mol. The van der Waals surface area contributed by atoms with Crippen molar-refractivity contribution < 1.29 is 14.6 Å². The molecule has 0 aromatic heterocycles. The van der Waals surface area contributed by atoms with Crippen LogP contribution in [0.15, 0.2) is 0 Å². The number of aliphatic hydroxyl groups is 1. The Hall–Kier alpha value is -0.560. The molecule has 3 nitrogen and oxygen atoms in total. The van der Waals surface area contributed by atoms with Gasteiger partial charge in [0.15, 0.2) is 0 Å². The van der Waals surface area contributed by atoms with Crippen LogP contribution in [0, 0.1) is 11.8 Å². The summed E-state index contributed by atoms with van der Waals surface area (Å²) in [7, 11) is 0. The van der Waals surface area contributed by atoms with Crippen molar-refractivity contribution in [2.75, 3.05) is 19.8 Å². The maximum atomic E-state index is 9.63. The van der Waals surface area contributed by atoms with Gasteiger partial charge in [-0.05, 0) is 13.3 Å². The fraction of sp³-hybridized carbons (Fsp3) is 0.800. The zero-order valence-corrected chi connectivity index (χ0v) is 7.95. The molecule has 0 radical (unpaired) electrons. The average molecular weight is 184 g/mol. The summed E-state index contributed by atoms with van der Waals surface area (Å²) >= 11 is 0. The van der Waals surface area contributed by atoms with E-state index in [1.165, 1.54) is 0 Å². The van der Waals surface area contributed by atoms with E-state index in [9.17, 15) is 5.11 Å². The largest absolute Gasteiger partial charge is 0.390 e. The fourth-order valence-corrected chi connectivity index (χ4v) is 1.26. The van der Waals surface area contributed by atoms with Crippen LogP contribution in [0.2, 0.25) is 0 Å². The Kier molecular flexibility index (Phi) is 4.84. The predicted molar refractivity (Wildman–Crippen MR) is 49.2 cm³/mol. The highest BCUT2D eigenvalue weighted by Gasteiger charge is 2.22. The normalized spacial score (nSPS) is 24.6. The van der Waals surface area contributed by atoms with E-state index in [0.29, 0.717) is 26.2 Å². The lowest BCUT2D eigenvalue weighted by Gasteiger charge is -2.26. The summed E-state index contributed by atoms with van der Waals surface area (Å²) in [5.41, 5.74) is 0. The predicted octanol–water partition coefficient (Wildman–Crippen LogP) is 0.566. The first-order valence-electron chi connectivity index (χ1n) is 4.61. The highest BCUT2D eigenvalue weighted by molar-refractivity contribution is 4.95. The summed E-state index contributed by atoms with van der Waals surface area (Å²) in [5.74, 6) is 5.70. The maximum absolute atomic E-state index is 9.63. The molecule has 0 aliphatic carbocycles. The van der Waals surface area contributed by atoms with Gasteiger partial charge in [-0.2, -0.15) is 0 Å². The molecule has 0 aromatic carbocycles. The molecule has 1 N–H and O–H groups in total. The van der Waals surface area contributed by atoms with Gasteiger partial charge in [-0.3, -0.25) is 0 Å². The lowest BCUT2D eigenvalue weighted by Crippen LogP contribution is -2.38. The van der Waals surface area contributed by atoms with Crippen molar-refractivity contribution in [3.8, 4) is 11.8 Å². The minimum atomic E-state index is -0.443. The van der Waals surface area contributed by atoms with E-state index in [-0.39, 0.29) is 6.10 Å². The van der Waals surface area contributed by atoms with Gasteiger partial charge in [0.25, 0.3) is 0 Å². The quantitative estimate of drug-likeness (QED) is 0.652. The standard InChI is InChI=1S/C10H16O3/c1-2-3-4-5-9(11)10-8-12-6-7-13-10/h9-11H,4-8H2,1H3. The number of ether oxygens (including phenoxy) is 2. The van der Waals surface area contributed by atoms with Crippen molar-refractivity contribution >= 4 is 0 Å². The molecule has 74 valence electrons. The van der Waals surface area contributed by atoms with Crippen LogP contribution in [-0.4, -0.2) is 37.1 Å². The third-order valence-electron chi connectivity index (χ3n) is 2.01. The molecule has 0 bridgehead atoms. The highest BCUT2D eigenvalue weighted by Crippen LogP contribution is 2.09. The minimum absolute atomic E-state index is 0.160. The summed E-state index contributed by atoms with van der Waals surface area (Å²) < 4.78 is 10.5. The van der Waals surface area contributed by atoms with Crippen molar-refractivity contribution in [1.82, 2.24) is 0 Å². The van der Waals surface area contributed by atoms with Gasteiger partial charge in [0.05, 0.1) is 25.9 Å². The minimum Gasteiger partial charge on any atom is -0.390 e. The van der Waals surface area contributed by atoms with Crippen LogP contribution in [0.25, 0.3) is 0 Å². The van der Waals surface area contributed by atoms with Crippen molar-refractivity contribution in [2.24, 2.45) is 0 Å². The van der Waals surface area contributed by atoms with Crippen LogP contribution in [0.3, 0.4) is 0 Å². The zero-order chi connectivity index (χ0) is 9.52. The Bertz CT molecular complexity index is 186. The van der Waals surface area contributed by atoms with Gasteiger partial charge in [-0.25, -0.2) is 0 Å². The second-order valence-electron chi connectivity index (χ2n) is 3.02. The maximum Gasteiger partial charge on any atom is 0.107 e. The molecular formula is C10H16O3. The SMILES string of the molecule is CC#CCCC(O)C1COCCO1. The van der Waals surface area contributed by atoms with Crippen LogP contribution >= 0.6 is 0 Å². The highest BCUT2D eigenvalue weighted by atomic mass is 16.6. The molecule has 0 spiro atoms. The first-order chi connectivity index (χ1) is 6.34. The summed E-state index contributed by atoms with van der Waals surface area (Å²) in [4.78, 5) is 0. The molecule has 3 heteroatoms. The molecule has 0 aromatic rings. The lowest BCUT2D eigenvalue weighted by molar-refractivity contribution is -0.132. The number of hydrogen-bond acceptors (Lipinski definition) is 3. The van der Waals surface area contributed by atoms with E-state index in [1.54, 1.807) is 6.92 Å². The van der Waals surface area contributed by atoms with E-state index < -0.39 is 6.10 Å². The molecule has 13 heavy (non-hydrogen) atoms. The van der Waals surface area contributed by atoms with E-state index >= 15 is 0 Å². The van der Waals surface area contributed by atoms with Crippen LogP contribution in [0.5, 0.6) is 0 Å². The first-order valence-corrected chi connectivity index (χ1v) is 4.61. The lowest BCUT2D eigenvalue weighted by atomic mass is 10.1. The average Bonchev–Trinajstić information content (AvgIpc) is 2.19. The van der Waals surface area contributed by atoms with Crippen molar-refractivity contribution in [3.63, 3.8) is 0 Å². The first kappa shape index (κ1) is 10.5. The third-order valence-corrected chi connectivity index (χ3v) is 2.01. The molecule has 1 aliphatic rings. The van der Waals surface area contributed by atoms with E-state index in [2.05, 4.69) is 11.8 Å². The summed E-state index contributed by atoms with van der Waals surface area (Å²) in [6, 6.07) is 0. The summed E-state index contributed by atoms with van der Waals surface area (Å²) in [5, 5.41) is 9.63. The van der Waals surface area contributed by atoms with Gasteiger partial charge in [-0.1, -0.05) is 0 Å². The van der Waals surface area contributed by atoms with Gasteiger partial charge in [-0.15, -0.1) is 11.8 Å². The van der Waals surface area contributed by atoms with Crippen LogP contribution in [0.1, 0.15) is 19.8 Å². The smallest absolute Gasteiger partial charge is 0.107 e. The Balaban J connectivity index is 2.19. The Morgan fingerprint density at radius 3 is 3.00 bits per heavy atom. The second-order valence-corrected chi connectivity index (χ2v) is 3.02. The molecule has 1 aliphatic heterocycles. The number of aliphatic hydroxyl groups excluding tert-OH is 1. The van der Waals surface area contributed by atoms with Crippen LogP contribution < -0.4 is 0 Å².